The summed E-state index contributed by atoms with van der Waals surface area (Å²) in [6, 6.07) is 23.6. The monoisotopic (exact) mass is 539 g/mol. The average molecular weight is 540 g/mol. The van der Waals surface area contributed by atoms with Crippen molar-refractivity contribution in [3.63, 3.8) is 0 Å². The number of anilines is 2. The van der Waals surface area contributed by atoms with Gasteiger partial charge in [-0.15, -0.1) is 5.10 Å². The molecule has 0 radical (unpaired) electrons. The van der Waals surface area contributed by atoms with Crippen molar-refractivity contribution in [2.24, 2.45) is 0 Å². The number of thioether (sulfide) groups is 1. The molecule has 0 saturated heterocycles. The predicted molar refractivity (Wildman–Crippen MR) is 157 cm³/mol. The molecule has 8 heteroatoms. The number of nitrogens with one attached hydrogen (secondary N) is 2. The smallest absolute Gasteiger partial charge is 0.255 e. The van der Waals surface area contributed by atoms with Crippen LogP contribution >= 0.6 is 11.8 Å². The second-order valence-corrected chi connectivity index (χ2v) is 10.6. The number of nitrogens with zero attached hydrogens (tertiary/aromatic N) is 3. The minimum Gasteiger partial charge on any atom is -0.494 e. The van der Waals surface area contributed by atoms with Crippen LogP contribution in [0.25, 0.3) is 0 Å². The molecular weight excluding hydrogens is 506 g/mol. The average Bonchev–Trinajstić information content (AvgIpc) is 3.35. The van der Waals surface area contributed by atoms with Crippen LogP contribution in [0, 0.1) is 13.8 Å². The highest BCUT2D eigenvalue weighted by Gasteiger charge is 2.34. The van der Waals surface area contributed by atoms with Crippen molar-refractivity contribution in [3.05, 3.63) is 106 Å². The quantitative estimate of drug-likeness (QED) is 0.225. The molecular formula is C31H33N5O2S. The number of aromatic nitrogens is 3. The van der Waals surface area contributed by atoms with E-state index in [1.165, 1.54) is 5.56 Å². The standard InChI is InChI=1S/C31H33N5O2S/c1-5-18-38-25-16-14-24(15-17-25)28-27(29(37)33-26-13-9-10-20(2)21(26)3)22(4)32-30-34-31(35-36(28)30)39-19-23-11-7-6-8-12-23/h6-17,28H,5,18-19H2,1-4H3,(H,33,37)(H,32,34,35). The Labute approximate surface area is 233 Å². The van der Waals surface area contributed by atoms with Gasteiger partial charge in [0, 0.05) is 17.1 Å². The van der Waals surface area contributed by atoms with Gasteiger partial charge in [0.05, 0.1) is 12.2 Å². The third-order valence-electron chi connectivity index (χ3n) is 6.81. The second kappa shape index (κ2) is 11.8. The van der Waals surface area contributed by atoms with E-state index in [9.17, 15) is 4.79 Å². The first-order valence-electron chi connectivity index (χ1n) is 13.2. The molecule has 2 heterocycles. The van der Waals surface area contributed by atoms with Crippen molar-refractivity contribution >= 4 is 29.3 Å². The summed E-state index contributed by atoms with van der Waals surface area (Å²) in [5.74, 6) is 1.99. The number of benzene rings is 3. The molecule has 7 nitrogen and oxygen atoms in total. The Morgan fingerprint density at radius 2 is 1.79 bits per heavy atom. The number of fused-ring (bicyclic) bond motifs is 1. The van der Waals surface area contributed by atoms with Gasteiger partial charge in [0.1, 0.15) is 11.8 Å². The van der Waals surface area contributed by atoms with Gasteiger partial charge in [0.2, 0.25) is 11.1 Å². The minimum atomic E-state index is -0.454. The topological polar surface area (TPSA) is 81.1 Å². The van der Waals surface area contributed by atoms with Crippen LogP contribution in [0.5, 0.6) is 5.75 Å². The van der Waals surface area contributed by atoms with E-state index in [2.05, 4.69) is 29.7 Å². The van der Waals surface area contributed by atoms with E-state index in [-0.39, 0.29) is 5.91 Å². The summed E-state index contributed by atoms with van der Waals surface area (Å²) in [7, 11) is 0. The minimum absolute atomic E-state index is 0.176. The molecule has 5 rings (SSSR count). The zero-order valence-electron chi connectivity index (χ0n) is 22.7. The molecule has 1 aromatic heterocycles. The van der Waals surface area contributed by atoms with Crippen LogP contribution in [0.3, 0.4) is 0 Å². The van der Waals surface area contributed by atoms with E-state index in [0.717, 1.165) is 46.0 Å². The zero-order valence-corrected chi connectivity index (χ0v) is 23.5. The van der Waals surface area contributed by atoms with Crippen LogP contribution in [0.15, 0.2) is 89.2 Å². The van der Waals surface area contributed by atoms with Crippen molar-refractivity contribution in [1.82, 2.24) is 14.8 Å². The highest BCUT2D eigenvalue weighted by molar-refractivity contribution is 7.98. The van der Waals surface area contributed by atoms with Gasteiger partial charge in [0.15, 0.2) is 0 Å². The fourth-order valence-electron chi connectivity index (χ4n) is 4.56. The maximum absolute atomic E-state index is 13.9. The molecule has 0 bridgehead atoms. The maximum Gasteiger partial charge on any atom is 0.255 e. The summed E-state index contributed by atoms with van der Waals surface area (Å²) in [5.41, 5.74) is 6.43. The third-order valence-corrected chi connectivity index (χ3v) is 7.72. The summed E-state index contributed by atoms with van der Waals surface area (Å²) in [5, 5.41) is 12.0. The van der Waals surface area contributed by atoms with E-state index >= 15 is 0 Å². The molecule has 4 aromatic rings. The molecule has 0 spiro atoms. The number of ether oxygens (including phenoxy) is 1. The normalized spacial score (nSPS) is 14.5. The molecule has 1 unspecified atom stereocenters. The number of carbonyl (C=O) groups is 1. The molecule has 3 aromatic carbocycles. The van der Waals surface area contributed by atoms with Gasteiger partial charge in [-0.05, 0) is 67.6 Å². The number of allylic oxidation sites excluding steroid dienone is 1. The van der Waals surface area contributed by atoms with Gasteiger partial charge in [-0.3, -0.25) is 4.79 Å². The molecule has 1 aliphatic heterocycles. The highest BCUT2D eigenvalue weighted by atomic mass is 32.2. The maximum atomic E-state index is 13.9. The highest BCUT2D eigenvalue weighted by Crippen LogP contribution is 2.38. The van der Waals surface area contributed by atoms with Gasteiger partial charge in [-0.2, -0.15) is 4.98 Å². The molecule has 200 valence electrons. The number of hydrogen-bond acceptors (Lipinski definition) is 6. The first-order valence-corrected chi connectivity index (χ1v) is 14.1. The molecule has 0 aliphatic carbocycles. The lowest BCUT2D eigenvalue weighted by Crippen LogP contribution is -2.31. The molecule has 1 atom stereocenters. The molecule has 0 saturated carbocycles. The van der Waals surface area contributed by atoms with Crippen molar-refractivity contribution in [2.45, 2.75) is 51.1 Å². The van der Waals surface area contributed by atoms with Crippen LogP contribution in [0.2, 0.25) is 0 Å². The van der Waals surface area contributed by atoms with Crippen LogP contribution in [0.4, 0.5) is 11.6 Å². The van der Waals surface area contributed by atoms with Gasteiger partial charge in [-0.1, -0.05) is 73.3 Å². The summed E-state index contributed by atoms with van der Waals surface area (Å²) in [6.45, 7) is 8.71. The van der Waals surface area contributed by atoms with Crippen molar-refractivity contribution in [1.29, 1.82) is 0 Å². The van der Waals surface area contributed by atoms with Gasteiger partial charge < -0.3 is 15.4 Å². The van der Waals surface area contributed by atoms with E-state index < -0.39 is 6.04 Å². The van der Waals surface area contributed by atoms with Crippen LogP contribution in [-0.4, -0.2) is 27.3 Å². The Bertz CT molecular complexity index is 1500. The SMILES string of the molecule is CCCOc1ccc(C2C(C(=O)Nc3cccc(C)c3C)=C(C)Nc3nc(SCc4ccccc4)nn32)cc1. The Kier molecular flexibility index (Phi) is 8.02. The fraction of sp³-hybridized carbons (Fsp3) is 0.258. The Balaban J connectivity index is 1.49. The summed E-state index contributed by atoms with van der Waals surface area (Å²) in [6.07, 6.45) is 0.937. The summed E-state index contributed by atoms with van der Waals surface area (Å²) >= 11 is 1.57. The number of aryl methyl sites for hydroxylation is 1. The Morgan fingerprint density at radius 1 is 1.03 bits per heavy atom. The van der Waals surface area contributed by atoms with Crippen molar-refractivity contribution < 1.29 is 9.53 Å². The zero-order chi connectivity index (χ0) is 27.4. The fourth-order valence-corrected chi connectivity index (χ4v) is 5.34. The number of amides is 1. The second-order valence-electron chi connectivity index (χ2n) is 9.62. The van der Waals surface area contributed by atoms with E-state index in [4.69, 9.17) is 14.8 Å². The van der Waals surface area contributed by atoms with E-state index in [0.29, 0.717) is 23.3 Å². The van der Waals surface area contributed by atoms with Gasteiger partial charge in [-0.25, -0.2) is 4.68 Å². The lowest BCUT2D eigenvalue weighted by atomic mass is 9.94. The first kappa shape index (κ1) is 26.6. The van der Waals surface area contributed by atoms with Crippen molar-refractivity contribution in [2.75, 3.05) is 17.2 Å². The Hall–Kier alpha value is -4.04. The van der Waals surface area contributed by atoms with E-state index in [1.54, 1.807) is 11.8 Å². The first-order chi connectivity index (χ1) is 18.9. The predicted octanol–water partition coefficient (Wildman–Crippen LogP) is 6.90. The van der Waals surface area contributed by atoms with Crippen LogP contribution < -0.4 is 15.4 Å². The van der Waals surface area contributed by atoms with Crippen LogP contribution in [-0.2, 0) is 10.5 Å². The molecule has 0 fully saturated rings. The molecule has 1 aliphatic rings. The summed E-state index contributed by atoms with van der Waals surface area (Å²) < 4.78 is 7.62. The lowest BCUT2D eigenvalue weighted by molar-refractivity contribution is -0.113. The third kappa shape index (κ3) is 5.86. The van der Waals surface area contributed by atoms with E-state index in [1.807, 2.05) is 86.1 Å². The Morgan fingerprint density at radius 3 is 2.54 bits per heavy atom. The van der Waals surface area contributed by atoms with Crippen LogP contribution in [0.1, 0.15) is 48.6 Å². The van der Waals surface area contributed by atoms with Gasteiger partial charge in [0.25, 0.3) is 5.91 Å². The number of hydrogen-bond donors (Lipinski definition) is 2. The molecule has 39 heavy (non-hydrogen) atoms. The van der Waals surface area contributed by atoms with Crippen molar-refractivity contribution in [3.8, 4) is 5.75 Å². The molecule has 1 amide bonds. The van der Waals surface area contributed by atoms with Gasteiger partial charge >= 0.3 is 0 Å². The number of carbonyl (C=O) groups excluding carboxylic acids is 1. The molecule has 2 N–H and O–H groups in total. The summed E-state index contributed by atoms with van der Waals surface area (Å²) in [4.78, 5) is 18.6. The largest absolute Gasteiger partial charge is 0.494 e. The lowest BCUT2D eigenvalue weighted by Gasteiger charge is -2.29. The number of rotatable bonds is 9.